The molecule has 7 heteroatoms. The highest BCUT2D eigenvalue weighted by Gasteiger charge is 2.28. The summed E-state index contributed by atoms with van der Waals surface area (Å²) in [6.07, 6.45) is 1.82. The topological polar surface area (TPSA) is 71.7 Å². The largest absolute Gasteiger partial charge is 0.444 e. The molecule has 2 heterocycles. The summed E-state index contributed by atoms with van der Waals surface area (Å²) in [5.41, 5.74) is 6.92. The summed E-state index contributed by atoms with van der Waals surface area (Å²) in [5.74, 6) is 0.431. The minimum Gasteiger partial charge on any atom is -0.444 e. The summed E-state index contributed by atoms with van der Waals surface area (Å²) in [6.45, 7) is 7.88. The Kier molecular flexibility index (Phi) is 4.86. The summed E-state index contributed by atoms with van der Waals surface area (Å²) < 4.78 is 19.8. The lowest BCUT2D eigenvalue weighted by atomic mass is 9.92. The number of ether oxygens (including phenoxy) is 1. The Morgan fingerprint density at radius 1 is 1.32 bits per heavy atom. The van der Waals surface area contributed by atoms with E-state index >= 15 is 0 Å². The average Bonchev–Trinajstić information content (AvgIpc) is 2.54. The molecule has 1 amide bonds. The zero-order valence-electron chi connectivity index (χ0n) is 15.2. The zero-order chi connectivity index (χ0) is 18.2. The van der Waals surface area contributed by atoms with Crippen LogP contribution < -0.4 is 10.6 Å². The molecule has 6 nitrogen and oxygen atoms in total. The van der Waals surface area contributed by atoms with Crippen LogP contribution in [0, 0.1) is 5.82 Å². The molecule has 25 heavy (non-hydrogen) atoms. The van der Waals surface area contributed by atoms with E-state index in [2.05, 4.69) is 4.98 Å². The second kappa shape index (κ2) is 6.78. The number of rotatable bonds is 1. The quantitative estimate of drug-likeness (QED) is 0.840. The number of aryl methyl sites for hydroxylation is 1. The van der Waals surface area contributed by atoms with Crippen molar-refractivity contribution in [1.29, 1.82) is 0 Å². The fourth-order valence-corrected chi connectivity index (χ4v) is 3.29. The molecule has 0 radical (unpaired) electrons. The zero-order valence-corrected chi connectivity index (χ0v) is 15.2. The number of piperazine rings is 1. The van der Waals surface area contributed by atoms with E-state index in [4.69, 9.17) is 10.5 Å². The molecule has 1 saturated heterocycles. The summed E-state index contributed by atoms with van der Waals surface area (Å²) in [7, 11) is 0. The second-order valence-corrected chi connectivity index (χ2v) is 7.84. The number of nitrogens with two attached hydrogens (primary N) is 1. The minimum atomic E-state index is -0.502. The van der Waals surface area contributed by atoms with Crippen LogP contribution in [0.15, 0.2) is 6.07 Å². The predicted molar refractivity (Wildman–Crippen MR) is 94.2 cm³/mol. The molecule has 2 N–H and O–H groups in total. The van der Waals surface area contributed by atoms with Gasteiger partial charge >= 0.3 is 6.09 Å². The van der Waals surface area contributed by atoms with E-state index in [0.717, 1.165) is 18.5 Å². The first-order valence-corrected chi connectivity index (χ1v) is 8.89. The number of anilines is 1. The molecule has 1 atom stereocenters. The van der Waals surface area contributed by atoms with Crippen LogP contribution in [-0.4, -0.2) is 53.8 Å². The van der Waals surface area contributed by atoms with Gasteiger partial charge in [-0.15, -0.1) is 0 Å². The third-order valence-corrected chi connectivity index (χ3v) is 4.62. The number of aromatic nitrogens is 1. The van der Waals surface area contributed by atoms with Gasteiger partial charge in [-0.25, -0.2) is 14.2 Å². The molecule has 1 aliphatic carbocycles. The third kappa shape index (κ3) is 4.21. The van der Waals surface area contributed by atoms with E-state index < -0.39 is 5.60 Å². The highest BCUT2D eigenvalue weighted by atomic mass is 19.1. The first kappa shape index (κ1) is 17.9. The average molecular weight is 350 g/mol. The Morgan fingerprint density at radius 3 is 2.64 bits per heavy atom. The van der Waals surface area contributed by atoms with Crippen LogP contribution in [0.3, 0.4) is 0 Å². The summed E-state index contributed by atoms with van der Waals surface area (Å²) in [4.78, 5) is 20.5. The Labute approximate surface area is 148 Å². The van der Waals surface area contributed by atoms with Crippen molar-refractivity contribution in [3.05, 3.63) is 23.1 Å². The van der Waals surface area contributed by atoms with E-state index in [0.29, 0.717) is 44.0 Å². The number of halogens is 1. The lowest BCUT2D eigenvalue weighted by Crippen LogP contribution is -2.50. The van der Waals surface area contributed by atoms with Gasteiger partial charge in [0, 0.05) is 49.5 Å². The summed E-state index contributed by atoms with van der Waals surface area (Å²) in [5, 5.41) is 0. The molecule has 0 bridgehead atoms. The molecular formula is C18H27FN4O2. The Bertz CT molecular complexity index is 651. The van der Waals surface area contributed by atoms with E-state index in [9.17, 15) is 9.18 Å². The molecule has 0 saturated carbocycles. The smallest absolute Gasteiger partial charge is 0.410 e. The third-order valence-electron chi connectivity index (χ3n) is 4.62. The van der Waals surface area contributed by atoms with Crippen molar-refractivity contribution in [2.75, 3.05) is 31.1 Å². The van der Waals surface area contributed by atoms with Crippen molar-refractivity contribution in [3.8, 4) is 0 Å². The lowest BCUT2D eigenvalue weighted by molar-refractivity contribution is 0.0240. The van der Waals surface area contributed by atoms with Gasteiger partial charge in [-0.2, -0.15) is 0 Å². The van der Waals surface area contributed by atoms with Gasteiger partial charge in [-0.1, -0.05) is 0 Å². The fraction of sp³-hybridized carbons (Fsp3) is 0.667. The molecule has 1 aromatic heterocycles. The van der Waals surface area contributed by atoms with E-state index in [1.54, 1.807) is 4.90 Å². The summed E-state index contributed by atoms with van der Waals surface area (Å²) in [6, 6.07) is 1.52. The van der Waals surface area contributed by atoms with E-state index in [1.807, 2.05) is 25.7 Å². The molecule has 1 aromatic rings. The van der Waals surface area contributed by atoms with Gasteiger partial charge in [0.05, 0.1) is 0 Å². The Morgan fingerprint density at radius 2 is 2.00 bits per heavy atom. The number of hydrogen-bond acceptors (Lipinski definition) is 5. The van der Waals surface area contributed by atoms with Crippen molar-refractivity contribution < 1.29 is 13.9 Å². The van der Waals surface area contributed by atoms with Gasteiger partial charge in [0.2, 0.25) is 0 Å². The number of fused-ring (bicyclic) bond motifs is 1. The van der Waals surface area contributed by atoms with Crippen molar-refractivity contribution in [2.45, 2.75) is 51.7 Å². The van der Waals surface area contributed by atoms with Crippen molar-refractivity contribution in [3.63, 3.8) is 0 Å². The SMILES string of the molecule is CC(C)(C)OC(=O)N1CCN(c2cc(F)c3c(n2)CC[C@H](N)C3)CC1. The maximum absolute atomic E-state index is 14.4. The summed E-state index contributed by atoms with van der Waals surface area (Å²) >= 11 is 0. The second-order valence-electron chi connectivity index (χ2n) is 7.84. The van der Waals surface area contributed by atoms with E-state index in [1.165, 1.54) is 6.07 Å². The monoisotopic (exact) mass is 350 g/mol. The number of carbonyl (C=O) groups is 1. The number of pyridine rings is 1. The van der Waals surface area contributed by atoms with Gasteiger partial charge < -0.3 is 20.3 Å². The number of carbonyl (C=O) groups excluding carboxylic acids is 1. The van der Waals surface area contributed by atoms with Crippen LogP contribution in [0.1, 0.15) is 38.4 Å². The Balaban J connectivity index is 1.65. The van der Waals surface area contributed by atoms with Gasteiger partial charge in [-0.3, -0.25) is 0 Å². The van der Waals surface area contributed by atoms with Crippen molar-refractivity contribution in [1.82, 2.24) is 9.88 Å². The van der Waals surface area contributed by atoms with Gasteiger partial charge in [-0.05, 0) is 40.0 Å². The molecule has 3 rings (SSSR count). The van der Waals surface area contributed by atoms with Gasteiger partial charge in [0.1, 0.15) is 17.2 Å². The van der Waals surface area contributed by atoms with Gasteiger partial charge in [0.25, 0.3) is 0 Å². The highest BCUT2D eigenvalue weighted by Crippen LogP contribution is 2.26. The van der Waals surface area contributed by atoms with Crippen LogP contribution >= 0.6 is 0 Å². The van der Waals surface area contributed by atoms with Crippen LogP contribution in [-0.2, 0) is 17.6 Å². The van der Waals surface area contributed by atoms with Crippen LogP contribution in [0.2, 0.25) is 0 Å². The van der Waals surface area contributed by atoms with Crippen LogP contribution in [0.4, 0.5) is 15.0 Å². The molecule has 138 valence electrons. The predicted octanol–water partition coefficient (Wildman–Crippen LogP) is 2.09. The first-order chi connectivity index (χ1) is 11.7. The number of nitrogens with zero attached hydrogens (tertiary/aromatic N) is 3. The molecular weight excluding hydrogens is 323 g/mol. The molecule has 1 fully saturated rings. The van der Waals surface area contributed by atoms with Crippen molar-refractivity contribution >= 4 is 11.9 Å². The van der Waals surface area contributed by atoms with E-state index in [-0.39, 0.29) is 18.0 Å². The fourth-order valence-electron chi connectivity index (χ4n) is 3.29. The minimum absolute atomic E-state index is 0.0204. The lowest BCUT2D eigenvalue weighted by Gasteiger charge is -2.36. The highest BCUT2D eigenvalue weighted by molar-refractivity contribution is 5.68. The van der Waals surface area contributed by atoms with Crippen LogP contribution in [0.5, 0.6) is 0 Å². The maximum atomic E-state index is 14.4. The van der Waals surface area contributed by atoms with Crippen LogP contribution in [0.25, 0.3) is 0 Å². The molecule has 2 aliphatic rings. The molecule has 0 aromatic carbocycles. The normalized spacial score (nSPS) is 21.1. The molecule has 0 spiro atoms. The maximum Gasteiger partial charge on any atom is 0.410 e. The standard InChI is InChI=1S/C18H27FN4O2/c1-18(2,3)25-17(24)23-8-6-22(7-9-23)16-11-14(19)13-10-12(20)4-5-15(13)21-16/h11-12H,4-10,20H2,1-3H3/t12-/m0/s1. The number of amides is 1. The number of hydrogen-bond donors (Lipinski definition) is 1. The Hall–Kier alpha value is -1.89. The van der Waals surface area contributed by atoms with Crippen molar-refractivity contribution in [2.24, 2.45) is 5.73 Å². The van der Waals surface area contributed by atoms with Gasteiger partial charge in [0.15, 0.2) is 0 Å². The molecule has 0 unspecified atom stereocenters. The molecule has 1 aliphatic heterocycles. The first-order valence-electron chi connectivity index (χ1n) is 8.89.